The molecule has 1 aromatic heterocycles. The van der Waals surface area contributed by atoms with Gasteiger partial charge in [-0.15, -0.1) is 0 Å². The predicted octanol–water partition coefficient (Wildman–Crippen LogP) is 4.09. The molecular weight excluding hydrogens is 492 g/mol. The van der Waals surface area contributed by atoms with Crippen molar-refractivity contribution in [1.29, 1.82) is 5.26 Å². The van der Waals surface area contributed by atoms with Crippen LogP contribution in [0.4, 0.5) is 4.39 Å². The third-order valence-electron chi connectivity index (χ3n) is 6.28. The second kappa shape index (κ2) is 8.75. The number of hydrogen-bond donors (Lipinski definition) is 1. The number of aromatic nitrogens is 1. The van der Waals surface area contributed by atoms with E-state index in [1.54, 1.807) is 6.07 Å². The van der Waals surface area contributed by atoms with Crippen molar-refractivity contribution in [2.24, 2.45) is 5.92 Å². The number of rotatable bonds is 7. The summed E-state index contributed by atoms with van der Waals surface area (Å²) in [5.41, 5.74) is -1.07. The number of carbonyl (C=O) groups excluding carboxylic acids is 1. The van der Waals surface area contributed by atoms with Crippen LogP contribution in [0.25, 0.3) is 0 Å². The molecule has 1 heterocycles. The lowest BCUT2D eigenvalue weighted by molar-refractivity contribution is -0.125. The first kappa shape index (κ1) is 23.7. The van der Waals surface area contributed by atoms with E-state index in [2.05, 4.69) is 16.4 Å². The third kappa shape index (κ3) is 4.27. The highest BCUT2D eigenvalue weighted by Gasteiger charge is 2.61. The van der Waals surface area contributed by atoms with Crippen molar-refractivity contribution in [2.75, 3.05) is 6.61 Å². The number of amides is 1. The molecule has 11 heteroatoms. The van der Waals surface area contributed by atoms with Crippen LogP contribution in [0.2, 0.25) is 10.2 Å². The zero-order chi connectivity index (χ0) is 23.9. The Morgan fingerprint density at radius 3 is 2.64 bits per heavy atom. The van der Waals surface area contributed by atoms with E-state index in [1.807, 2.05) is 0 Å². The van der Waals surface area contributed by atoms with E-state index in [0.29, 0.717) is 31.4 Å². The van der Waals surface area contributed by atoms with E-state index in [1.165, 1.54) is 12.3 Å². The highest BCUT2D eigenvalue weighted by atomic mass is 35.5. The monoisotopic (exact) mass is 511 g/mol. The van der Waals surface area contributed by atoms with Crippen LogP contribution in [-0.4, -0.2) is 36.2 Å². The van der Waals surface area contributed by atoms with Gasteiger partial charge in [0.15, 0.2) is 14.6 Å². The molecule has 0 aliphatic heterocycles. The summed E-state index contributed by atoms with van der Waals surface area (Å²) >= 11 is 11.9. The number of nitrogens with zero attached hydrogens (tertiary/aromatic N) is 2. The lowest BCUT2D eigenvalue weighted by Gasteiger charge is -2.34. The maximum atomic E-state index is 14.0. The highest BCUT2D eigenvalue weighted by Crippen LogP contribution is 2.48. The van der Waals surface area contributed by atoms with Crippen molar-refractivity contribution in [3.05, 3.63) is 52.5 Å². The molecule has 1 aromatic carbocycles. The number of pyridine rings is 1. The fourth-order valence-electron chi connectivity index (χ4n) is 4.29. The minimum atomic E-state index is -4.40. The normalized spacial score (nSPS) is 23.5. The summed E-state index contributed by atoms with van der Waals surface area (Å²) in [6.45, 7) is -0.0890. The van der Waals surface area contributed by atoms with Crippen molar-refractivity contribution < 1.29 is 22.3 Å². The largest absolute Gasteiger partial charge is 0.492 e. The summed E-state index contributed by atoms with van der Waals surface area (Å²) in [5.74, 6) is -1.83. The minimum Gasteiger partial charge on any atom is -0.492 e. The van der Waals surface area contributed by atoms with Gasteiger partial charge < -0.3 is 10.1 Å². The summed E-state index contributed by atoms with van der Waals surface area (Å²) in [6.07, 6.45) is 3.15. The van der Waals surface area contributed by atoms with Crippen LogP contribution in [0.15, 0.2) is 41.4 Å². The molecule has 4 rings (SSSR count). The Morgan fingerprint density at radius 2 is 2.03 bits per heavy atom. The Kier molecular flexibility index (Phi) is 6.29. The Morgan fingerprint density at radius 1 is 1.27 bits per heavy atom. The number of benzene rings is 1. The first-order valence-electron chi connectivity index (χ1n) is 10.3. The molecule has 2 atom stereocenters. The Bertz CT molecular complexity index is 1230. The van der Waals surface area contributed by atoms with Gasteiger partial charge in [0, 0.05) is 5.92 Å². The molecule has 0 radical (unpaired) electrons. The van der Waals surface area contributed by atoms with Gasteiger partial charge in [0.2, 0.25) is 5.91 Å². The van der Waals surface area contributed by atoms with Crippen LogP contribution < -0.4 is 10.1 Å². The van der Waals surface area contributed by atoms with Gasteiger partial charge in [-0.2, -0.15) is 5.26 Å². The average molecular weight is 512 g/mol. The van der Waals surface area contributed by atoms with E-state index in [4.69, 9.17) is 27.9 Å². The van der Waals surface area contributed by atoms with Crippen LogP contribution in [0.1, 0.15) is 32.1 Å². The van der Waals surface area contributed by atoms with Gasteiger partial charge in [0.1, 0.15) is 22.3 Å². The van der Waals surface area contributed by atoms with Crippen molar-refractivity contribution in [1.82, 2.24) is 10.3 Å². The van der Waals surface area contributed by atoms with Crippen molar-refractivity contribution in [2.45, 2.75) is 47.3 Å². The third-order valence-corrected chi connectivity index (χ3v) is 9.54. The molecule has 174 valence electrons. The van der Waals surface area contributed by atoms with Crippen molar-refractivity contribution in [3.8, 4) is 11.8 Å². The standard InChI is InChI=1S/C22H20Cl2FN3O4S/c23-17-10-15(25)3-5-18(17)33(30,31)22(20(29)28-21(13-26)8-9-21)7-1-2-14(22)12-32-16-4-6-19(24)27-11-16/h3-6,10-11,14H,1-2,7-9,12H2,(H,28,29). The molecule has 2 fully saturated rings. The molecule has 0 saturated heterocycles. The van der Waals surface area contributed by atoms with Crippen LogP contribution in [-0.2, 0) is 14.6 Å². The molecule has 7 nitrogen and oxygen atoms in total. The smallest absolute Gasteiger partial charge is 0.243 e. The van der Waals surface area contributed by atoms with Gasteiger partial charge in [-0.05, 0) is 56.0 Å². The molecule has 2 aromatic rings. The topological polar surface area (TPSA) is 109 Å². The van der Waals surface area contributed by atoms with Crippen LogP contribution >= 0.6 is 23.2 Å². The van der Waals surface area contributed by atoms with Crippen LogP contribution in [0.5, 0.6) is 5.75 Å². The summed E-state index contributed by atoms with van der Waals surface area (Å²) in [6, 6.07) is 8.14. The van der Waals surface area contributed by atoms with Gasteiger partial charge in [-0.25, -0.2) is 17.8 Å². The second-order valence-electron chi connectivity index (χ2n) is 8.33. The number of ether oxygens (including phenoxy) is 1. The fraction of sp³-hybridized carbons (Fsp3) is 0.409. The molecule has 2 aliphatic carbocycles. The number of nitriles is 1. The molecule has 0 spiro atoms. The quantitative estimate of drug-likeness (QED) is 0.442. The summed E-state index contributed by atoms with van der Waals surface area (Å²) in [5, 5.41) is 12.1. The second-order valence-corrected chi connectivity index (χ2v) is 11.3. The molecule has 33 heavy (non-hydrogen) atoms. The summed E-state index contributed by atoms with van der Waals surface area (Å²) in [4.78, 5) is 17.2. The first-order chi connectivity index (χ1) is 15.6. The van der Waals surface area contributed by atoms with Gasteiger partial charge in [-0.3, -0.25) is 4.79 Å². The van der Waals surface area contributed by atoms with Gasteiger partial charge >= 0.3 is 0 Å². The Balaban J connectivity index is 1.74. The SMILES string of the molecule is N#CC1(NC(=O)C2(S(=O)(=O)c3ccc(F)cc3Cl)CCCC2COc2ccc(Cl)nc2)CC1. The summed E-state index contributed by atoms with van der Waals surface area (Å²) < 4.78 is 45.4. The lowest BCUT2D eigenvalue weighted by atomic mass is 9.94. The fourth-order valence-corrected chi connectivity index (χ4v) is 7.16. The molecule has 1 N–H and O–H groups in total. The van der Waals surface area contributed by atoms with Crippen molar-refractivity contribution in [3.63, 3.8) is 0 Å². The number of hydrogen-bond acceptors (Lipinski definition) is 6. The van der Waals surface area contributed by atoms with E-state index >= 15 is 0 Å². The number of sulfone groups is 1. The van der Waals surface area contributed by atoms with Gasteiger partial charge in [-0.1, -0.05) is 29.6 Å². The zero-order valence-electron chi connectivity index (χ0n) is 17.4. The maximum absolute atomic E-state index is 14.0. The van der Waals surface area contributed by atoms with Crippen LogP contribution in [0.3, 0.4) is 0 Å². The number of carbonyl (C=O) groups is 1. The predicted molar refractivity (Wildman–Crippen MR) is 119 cm³/mol. The Hall–Kier alpha value is -2.41. The number of nitrogens with one attached hydrogen (secondary N) is 1. The molecule has 2 unspecified atom stereocenters. The van der Waals surface area contributed by atoms with Gasteiger partial charge in [0.05, 0.1) is 28.8 Å². The Labute approximate surface area is 200 Å². The minimum absolute atomic E-state index is 0.0171. The lowest BCUT2D eigenvalue weighted by Crippen LogP contribution is -2.58. The summed E-state index contributed by atoms with van der Waals surface area (Å²) in [7, 11) is -4.40. The van der Waals surface area contributed by atoms with Crippen molar-refractivity contribution >= 4 is 38.9 Å². The van der Waals surface area contributed by atoms with E-state index in [9.17, 15) is 22.9 Å². The van der Waals surface area contributed by atoms with E-state index in [-0.39, 0.29) is 28.1 Å². The molecule has 0 bridgehead atoms. The molecule has 2 aliphatic rings. The average Bonchev–Trinajstić information content (AvgIpc) is 3.40. The first-order valence-corrected chi connectivity index (χ1v) is 12.6. The zero-order valence-corrected chi connectivity index (χ0v) is 19.7. The van der Waals surface area contributed by atoms with E-state index < -0.39 is 37.8 Å². The molecular formula is C22H20Cl2FN3O4S. The van der Waals surface area contributed by atoms with E-state index in [0.717, 1.165) is 18.2 Å². The van der Waals surface area contributed by atoms with Gasteiger partial charge in [0.25, 0.3) is 0 Å². The van der Waals surface area contributed by atoms with Crippen LogP contribution in [0, 0.1) is 23.1 Å². The highest BCUT2D eigenvalue weighted by molar-refractivity contribution is 7.93. The molecule has 1 amide bonds. The number of halogens is 3. The molecule has 2 saturated carbocycles. The maximum Gasteiger partial charge on any atom is 0.243 e.